The zero-order valence-electron chi connectivity index (χ0n) is 14.4. The largest absolute Gasteiger partial charge is 0.394 e. The molecule has 0 spiro atoms. The molecule has 2 rings (SSSR count). The van der Waals surface area contributed by atoms with Crippen LogP contribution in [0.25, 0.3) is 0 Å². The fourth-order valence-electron chi connectivity index (χ4n) is 2.97. The van der Waals surface area contributed by atoms with Gasteiger partial charge in [0.2, 0.25) is 0 Å². The second-order valence-electron chi connectivity index (χ2n) is 6.46. The number of hydrogen-bond acceptors (Lipinski definition) is 5. The van der Waals surface area contributed by atoms with Crippen LogP contribution in [0.1, 0.15) is 31.9 Å². The third kappa shape index (κ3) is 4.61. The van der Waals surface area contributed by atoms with Crippen molar-refractivity contribution in [2.75, 3.05) is 57.9 Å². The zero-order chi connectivity index (χ0) is 15.9. The van der Waals surface area contributed by atoms with Crippen molar-refractivity contribution < 1.29 is 0 Å². The topological polar surface area (TPSA) is 62.4 Å². The molecule has 0 aromatic carbocycles. The third-order valence-corrected chi connectivity index (χ3v) is 4.26. The molecular weight excluding hydrogens is 276 g/mol. The molecule has 0 unspecified atom stereocenters. The molecular formula is C16H32N6. The molecule has 0 aliphatic carbocycles. The quantitative estimate of drug-likeness (QED) is 0.724. The zero-order valence-corrected chi connectivity index (χ0v) is 14.4. The van der Waals surface area contributed by atoms with Gasteiger partial charge in [0, 0.05) is 32.7 Å². The number of nitrogens with zero attached hydrogens (tertiary/aromatic N) is 4. The van der Waals surface area contributed by atoms with Gasteiger partial charge in [-0.1, -0.05) is 6.92 Å². The molecule has 0 amide bonds. The lowest BCUT2D eigenvalue weighted by Crippen LogP contribution is -2.35. The summed E-state index contributed by atoms with van der Waals surface area (Å²) in [6, 6.07) is 0. The molecule has 6 nitrogen and oxygen atoms in total. The van der Waals surface area contributed by atoms with Crippen LogP contribution in [0.15, 0.2) is 0 Å². The smallest absolute Gasteiger partial charge is 0.171 e. The fraction of sp³-hybridized carbons (Fsp3) is 0.812. The van der Waals surface area contributed by atoms with E-state index < -0.39 is 0 Å². The molecule has 6 heteroatoms. The fourth-order valence-corrected chi connectivity index (χ4v) is 2.97. The van der Waals surface area contributed by atoms with Crippen LogP contribution < -0.4 is 11.1 Å². The number of nitrogen functional groups attached to an aromatic ring is 1. The van der Waals surface area contributed by atoms with Crippen LogP contribution >= 0.6 is 0 Å². The summed E-state index contributed by atoms with van der Waals surface area (Å²) in [6.45, 7) is 8.52. The Labute approximate surface area is 134 Å². The first-order valence-electron chi connectivity index (χ1n) is 8.58. The Hall–Kier alpha value is -1.27. The van der Waals surface area contributed by atoms with Crippen LogP contribution in [0.5, 0.6) is 0 Å². The van der Waals surface area contributed by atoms with Gasteiger partial charge in [0.25, 0.3) is 0 Å². The first-order chi connectivity index (χ1) is 10.6. The summed E-state index contributed by atoms with van der Waals surface area (Å²) in [4.78, 5) is 4.73. The van der Waals surface area contributed by atoms with Gasteiger partial charge < -0.3 is 20.9 Å². The summed E-state index contributed by atoms with van der Waals surface area (Å²) in [5, 5.41) is 8.06. The summed E-state index contributed by atoms with van der Waals surface area (Å²) in [7, 11) is 4.25. The van der Waals surface area contributed by atoms with Crippen LogP contribution in [-0.2, 0) is 13.0 Å². The van der Waals surface area contributed by atoms with E-state index in [0.29, 0.717) is 0 Å². The summed E-state index contributed by atoms with van der Waals surface area (Å²) >= 11 is 0. The maximum Gasteiger partial charge on any atom is 0.171 e. The van der Waals surface area contributed by atoms with E-state index >= 15 is 0 Å². The average Bonchev–Trinajstić information content (AvgIpc) is 2.82. The SMILES string of the molecule is CCCN(CCNc1nn2c(c1N)CCCC2)CCN(C)C. The number of nitrogens with two attached hydrogens (primary N) is 1. The van der Waals surface area contributed by atoms with Gasteiger partial charge in [-0.15, -0.1) is 0 Å². The Morgan fingerprint density at radius 1 is 1.18 bits per heavy atom. The lowest BCUT2D eigenvalue weighted by atomic mass is 10.1. The molecule has 1 aliphatic rings. The van der Waals surface area contributed by atoms with E-state index in [4.69, 9.17) is 5.73 Å². The number of aryl methyl sites for hydroxylation is 1. The van der Waals surface area contributed by atoms with Gasteiger partial charge in [-0.05, 0) is 46.3 Å². The van der Waals surface area contributed by atoms with Crippen molar-refractivity contribution in [2.45, 2.75) is 39.2 Å². The van der Waals surface area contributed by atoms with Crippen LogP contribution in [0, 0.1) is 0 Å². The minimum absolute atomic E-state index is 0.857. The Kier molecular flexibility index (Phi) is 6.51. The monoisotopic (exact) mass is 308 g/mol. The molecule has 22 heavy (non-hydrogen) atoms. The van der Waals surface area contributed by atoms with Crippen LogP contribution in [-0.4, -0.2) is 66.4 Å². The molecule has 0 fully saturated rings. The summed E-state index contributed by atoms with van der Waals surface area (Å²) in [5.41, 5.74) is 8.30. The van der Waals surface area contributed by atoms with Crippen molar-refractivity contribution >= 4 is 11.5 Å². The third-order valence-electron chi connectivity index (χ3n) is 4.26. The molecule has 126 valence electrons. The Morgan fingerprint density at radius 3 is 2.68 bits per heavy atom. The molecule has 1 aromatic heterocycles. The number of anilines is 2. The average molecular weight is 308 g/mol. The Bertz CT molecular complexity index is 454. The maximum atomic E-state index is 6.23. The second-order valence-corrected chi connectivity index (χ2v) is 6.46. The van der Waals surface area contributed by atoms with E-state index in [1.54, 1.807) is 0 Å². The Morgan fingerprint density at radius 2 is 2.00 bits per heavy atom. The number of nitrogens with one attached hydrogen (secondary N) is 1. The normalized spacial score (nSPS) is 14.6. The summed E-state index contributed by atoms with van der Waals surface area (Å²) < 4.78 is 2.08. The standard InChI is InChI=1S/C16H32N6/c1-4-9-21(13-12-20(2)3)11-8-18-16-15(17)14-7-5-6-10-22(14)19-16/h4-13,17H2,1-3H3,(H,18,19). The van der Waals surface area contributed by atoms with E-state index in [0.717, 1.165) is 57.2 Å². The molecule has 0 atom stereocenters. The highest BCUT2D eigenvalue weighted by atomic mass is 15.3. The molecule has 1 aromatic rings. The number of rotatable bonds is 9. The van der Waals surface area contributed by atoms with Gasteiger partial charge in [-0.25, -0.2) is 0 Å². The first kappa shape index (κ1) is 17.1. The van der Waals surface area contributed by atoms with Crippen molar-refractivity contribution in [3.63, 3.8) is 0 Å². The van der Waals surface area contributed by atoms with E-state index in [1.165, 1.54) is 25.0 Å². The van der Waals surface area contributed by atoms with Gasteiger partial charge in [0.05, 0.1) is 11.4 Å². The van der Waals surface area contributed by atoms with Gasteiger partial charge in [0.15, 0.2) is 5.82 Å². The van der Waals surface area contributed by atoms with E-state index in [9.17, 15) is 0 Å². The molecule has 0 bridgehead atoms. The molecule has 0 saturated carbocycles. The summed E-state index contributed by atoms with van der Waals surface area (Å²) in [6.07, 6.45) is 4.69. The molecule has 0 radical (unpaired) electrons. The predicted molar refractivity (Wildman–Crippen MR) is 93.4 cm³/mol. The number of hydrogen-bond donors (Lipinski definition) is 2. The number of aromatic nitrogens is 2. The molecule has 1 aliphatic heterocycles. The van der Waals surface area contributed by atoms with E-state index in [1.807, 2.05) is 0 Å². The van der Waals surface area contributed by atoms with Crippen molar-refractivity contribution in [1.29, 1.82) is 0 Å². The van der Waals surface area contributed by atoms with Crippen LogP contribution in [0.3, 0.4) is 0 Å². The summed E-state index contributed by atoms with van der Waals surface area (Å²) in [5.74, 6) is 0.876. The number of likely N-dealkylation sites (N-methyl/N-ethyl adjacent to an activating group) is 1. The van der Waals surface area contributed by atoms with Gasteiger partial charge in [-0.2, -0.15) is 5.10 Å². The van der Waals surface area contributed by atoms with Crippen LogP contribution in [0.2, 0.25) is 0 Å². The van der Waals surface area contributed by atoms with Crippen molar-refractivity contribution in [1.82, 2.24) is 19.6 Å². The molecule has 0 saturated heterocycles. The maximum absolute atomic E-state index is 6.23. The lowest BCUT2D eigenvalue weighted by molar-refractivity contribution is 0.248. The Balaban J connectivity index is 1.82. The highest BCUT2D eigenvalue weighted by Crippen LogP contribution is 2.26. The lowest BCUT2D eigenvalue weighted by Gasteiger charge is -2.23. The highest BCUT2D eigenvalue weighted by Gasteiger charge is 2.17. The molecule has 3 N–H and O–H groups in total. The van der Waals surface area contributed by atoms with Crippen molar-refractivity contribution in [3.8, 4) is 0 Å². The number of fused-ring (bicyclic) bond motifs is 1. The van der Waals surface area contributed by atoms with Crippen LogP contribution in [0.4, 0.5) is 11.5 Å². The van der Waals surface area contributed by atoms with E-state index in [-0.39, 0.29) is 0 Å². The van der Waals surface area contributed by atoms with Crippen molar-refractivity contribution in [3.05, 3.63) is 5.69 Å². The van der Waals surface area contributed by atoms with Gasteiger partial charge in [-0.3, -0.25) is 4.68 Å². The minimum Gasteiger partial charge on any atom is -0.394 e. The first-order valence-corrected chi connectivity index (χ1v) is 8.58. The van der Waals surface area contributed by atoms with Crippen molar-refractivity contribution in [2.24, 2.45) is 0 Å². The van der Waals surface area contributed by atoms with Gasteiger partial charge in [0.1, 0.15) is 0 Å². The minimum atomic E-state index is 0.857. The highest BCUT2D eigenvalue weighted by molar-refractivity contribution is 5.64. The molecule has 2 heterocycles. The van der Waals surface area contributed by atoms with Gasteiger partial charge >= 0.3 is 0 Å². The van der Waals surface area contributed by atoms with E-state index in [2.05, 4.69) is 45.9 Å². The second kappa shape index (κ2) is 8.39. The predicted octanol–water partition coefficient (Wildman–Crippen LogP) is 1.49.